The van der Waals surface area contributed by atoms with Gasteiger partial charge in [0.2, 0.25) is 0 Å². The topological polar surface area (TPSA) is 41.1 Å². The van der Waals surface area contributed by atoms with Gasteiger partial charge in [-0.25, -0.2) is 4.79 Å². The number of allylic oxidation sites excluding steroid dienone is 1. The summed E-state index contributed by atoms with van der Waals surface area (Å²) in [6, 6.07) is 7.94. The van der Waals surface area contributed by atoms with Crippen LogP contribution in [0.4, 0.5) is 10.5 Å². The van der Waals surface area contributed by atoms with Crippen molar-refractivity contribution in [2.24, 2.45) is 0 Å². The summed E-state index contributed by atoms with van der Waals surface area (Å²) >= 11 is 0. The lowest BCUT2D eigenvalue weighted by atomic mass is 10.1. The first-order valence-electron chi connectivity index (χ1n) is 7.62. The highest BCUT2D eigenvalue weighted by Crippen LogP contribution is 2.22. The Morgan fingerprint density at radius 1 is 1.20 bits per heavy atom. The Balaban J connectivity index is 1.80. The van der Waals surface area contributed by atoms with E-state index in [0.717, 1.165) is 24.9 Å². The first kappa shape index (κ1) is 14.6. The minimum absolute atomic E-state index is 0.161. The Morgan fingerprint density at radius 2 is 1.90 bits per heavy atom. The number of rotatable bonds is 5. The molecule has 0 aliphatic heterocycles. The van der Waals surface area contributed by atoms with Crippen LogP contribution in [0, 0.1) is 0 Å². The molecule has 2 N–H and O–H groups in total. The van der Waals surface area contributed by atoms with E-state index in [4.69, 9.17) is 0 Å². The molecule has 3 nitrogen and oxygen atoms in total. The van der Waals surface area contributed by atoms with Crippen LogP contribution in [0.2, 0.25) is 0 Å². The number of carbonyl (C=O) groups excluding carboxylic acids is 1. The Morgan fingerprint density at radius 3 is 2.55 bits per heavy atom. The van der Waals surface area contributed by atoms with Gasteiger partial charge in [0.05, 0.1) is 0 Å². The molecule has 20 heavy (non-hydrogen) atoms. The standard InChI is InChI=1S/C17H24N2O/c1-2-3-6-14-9-11-16(12-10-14)19-17(20)18-13-15-7-4-5-8-15/h9-13H,2-8H2,1H3,(H2,18,19,20). The van der Waals surface area contributed by atoms with Crippen molar-refractivity contribution in [3.05, 3.63) is 41.6 Å². The number of aryl methyl sites for hydroxylation is 1. The van der Waals surface area contributed by atoms with E-state index in [1.807, 2.05) is 18.3 Å². The van der Waals surface area contributed by atoms with E-state index in [1.54, 1.807) is 0 Å². The van der Waals surface area contributed by atoms with Gasteiger partial charge in [-0.05, 0) is 56.2 Å². The number of anilines is 1. The van der Waals surface area contributed by atoms with Gasteiger partial charge in [-0.2, -0.15) is 0 Å². The number of urea groups is 1. The molecule has 1 aromatic carbocycles. The van der Waals surface area contributed by atoms with E-state index in [-0.39, 0.29) is 6.03 Å². The normalized spacial score (nSPS) is 14.2. The van der Waals surface area contributed by atoms with Crippen LogP contribution >= 0.6 is 0 Å². The lowest BCUT2D eigenvalue weighted by Gasteiger charge is -2.06. The Labute approximate surface area is 121 Å². The fourth-order valence-corrected chi connectivity index (χ4v) is 2.44. The summed E-state index contributed by atoms with van der Waals surface area (Å²) in [5.41, 5.74) is 3.51. The van der Waals surface area contributed by atoms with E-state index in [0.29, 0.717) is 0 Å². The highest BCUT2D eigenvalue weighted by Gasteiger charge is 2.07. The van der Waals surface area contributed by atoms with Gasteiger partial charge >= 0.3 is 6.03 Å². The SMILES string of the molecule is CCCCc1ccc(NC(=O)NC=C2CCCC2)cc1. The van der Waals surface area contributed by atoms with Gasteiger partial charge in [-0.3, -0.25) is 0 Å². The summed E-state index contributed by atoms with van der Waals surface area (Å²) in [6.45, 7) is 2.19. The van der Waals surface area contributed by atoms with Crippen LogP contribution in [0.25, 0.3) is 0 Å². The molecule has 2 rings (SSSR count). The molecule has 108 valence electrons. The fourth-order valence-electron chi connectivity index (χ4n) is 2.44. The number of hydrogen-bond donors (Lipinski definition) is 2. The molecule has 0 saturated heterocycles. The predicted octanol–water partition coefficient (Wildman–Crippen LogP) is 4.61. The predicted molar refractivity (Wildman–Crippen MR) is 83.8 cm³/mol. The van der Waals surface area contributed by atoms with Crippen molar-refractivity contribution in [2.75, 3.05) is 5.32 Å². The third-order valence-corrected chi connectivity index (χ3v) is 3.68. The van der Waals surface area contributed by atoms with Crippen molar-refractivity contribution in [1.82, 2.24) is 5.32 Å². The zero-order chi connectivity index (χ0) is 14.2. The van der Waals surface area contributed by atoms with Crippen molar-refractivity contribution < 1.29 is 4.79 Å². The van der Waals surface area contributed by atoms with Crippen molar-refractivity contribution in [2.45, 2.75) is 51.9 Å². The van der Waals surface area contributed by atoms with Gasteiger partial charge in [0.15, 0.2) is 0 Å². The fraction of sp³-hybridized carbons (Fsp3) is 0.471. The second-order valence-corrected chi connectivity index (χ2v) is 5.41. The zero-order valence-electron chi connectivity index (χ0n) is 12.2. The maximum atomic E-state index is 11.8. The lowest BCUT2D eigenvalue weighted by Crippen LogP contribution is -2.24. The van der Waals surface area contributed by atoms with Crippen LogP contribution in [0.5, 0.6) is 0 Å². The smallest absolute Gasteiger partial charge is 0.314 e. The molecular weight excluding hydrogens is 248 g/mol. The maximum Gasteiger partial charge on any atom is 0.323 e. The quantitative estimate of drug-likeness (QED) is 0.807. The summed E-state index contributed by atoms with van der Waals surface area (Å²) in [4.78, 5) is 11.8. The highest BCUT2D eigenvalue weighted by molar-refractivity contribution is 5.89. The van der Waals surface area contributed by atoms with E-state index >= 15 is 0 Å². The van der Waals surface area contributed by atoms with Gasteiger partial charge in [-0.15, -0.1) is 0 Å². The molecule has 3 heteroatoms. The number of hydrogen-bond acceptors (Lipinski definition) is 1. The van der Waals surface area contributed by atoms with Gasteiger partial charge in [-0.1, -0.05) is 31.1 Å². The Kier molecular flexibility index (Phi) is 5.66. The molecule has 2 amide bonds. The van der Waals surface area contributed by atoms with Crippen LogP contribution in [-0.2, 0) is 6.42 Å². The molecule has 1 saturated carbocycles. The number of unbranched alkanes of at least 4 members (excludes halogenated alkanes) is 1. The second kappa shape index (κ2) is 7.73. The number of nitrogens with one attached hydrogen (secondary N) is 2. The van der Waals surface area contributed by atoms with E-state index in [1.165, 1.54) is 36.8 Å². The highest BCUT2D eigenvalue weighted by atomic mass is 16.2. The second-order valence-electron chi connectivity index (χ2n) is 5.41. The summed E-state index contributed by atoms with van der Waals surface area (Å²) in [5, 5.41) is 5.66. The van der Waals surface area contributed by atoms with Crippen LogP contribution in [-0.4, -0.2) is 6.03 Å². The number of carbonyl (C=O) groups is 1. The average molecular weight is 272 g/mol. The van der Waals surface area contributed by atoms with Crippen LogP contribution in [0.15, 0.2) is 36.0 Å². The molecule has 0 heterocycles. The van der Waals surface area contributed by atoms with Crippen molar-refractivity contribution in [1.29, 1.82) is 0 Å². The van der Waals surface area contributed by atoms with Crippen molar-refractivity contribution in [3.63, 3.8) is 0 Å². The van der Waals surface area contributed by atoms with E-state index in [9.17, 15) is 4.79 Å². The van der Waals surface area contributed by atoms with Gasteiger partial charge in [0.25, 0.3) is 0 Å². The molecular formula is C17H24N2O. The average Bonchev–Trinajstić information content (AvgIpc) is 2.98. The summed E-state index contributed by atoms with van der Waals surface area (Å²) in [5.74, 6) is 0. The molecule has 1 aliphatic rings. The summed E-state index contributed by atoms with van der Waals surface area (Å²) < 4.78 is 0. The number of amides is 2. The van der Waals surface area contributed by atoms with E-state index in [2.05, 4.69) is 29.7 Å². The Bertz CT molecular complexity index is 454. The monoisotopic (exact) mass is 272 g/mol. The zero-order valence-corrected chi connectivity index (χ0v) is 12.2. The van der Waals surface area contributed by atoms with Crippen LogP contribution in [0.3, 0.4) is 0 Å². The first-order chi connectivity index (χ1) is 9.78. The molecule has 0 unspecified atom stereocenters. The third kappa shape index (κ3) is 4.72. The molecule has 0 radical (unpaired) electrons. The minimum Gasteiger partial charge on any atom is -0.314 e. The molecule has 0 bridgehead atoms. The van der Waals surface area contributed by atoms with Gasteiger partial charge < -0.3 is 10.6 Å². The first-order valence-corrected chi connectivity index (χ1v) is 7.62. The molecule has 0 aromatic heterocycles. The maximum absolute atomic E-state index is 11.8. The summed E-state index contributed by atoms with van der Waals surface area (Å²) in [6.07, 6.45) is 10.1. The number of benzene rings is 1. The largest absolute Gasteiger partial charge is 0.323 e. The molecule has 1 fully saturated rings. The van der Waals surface area contributed by atoms with Gasteiger partial charge in [0, 0.05) is 11.9 Å². The lowest BCUT2D eigenvalue weighted by molar-refractivity contribution is 0.255. The molecule has 1 aliphatic carbocycles. The molecule has 0 spiro atoms. The van der Waals surface area contributed by atoms with Crippen molar-refractivity contribution >= 4 is 11.7 Å². The minimum atomic E-state index is -0.161. The summed E-state index contributed by atoms with van der Waals surface area (Å²) in [7, 11) is 0. The molecule has 0 atom stereocenters. The van der Waals surface area contributed by atoms with E-state index < -0.39 is 0 Å². The van der Waals surface area contributed by atoms with Crippen molar-refractivity contribution in [3.8, 4) is 0 Å². The third-order valence-electron chi connectivity index (χ3n) is 3.68. The van der Waals surface area contributed by atoms with Crippen LogP contribution in [0.1, 0.15) is 51.0 Å². The Hall–Kier alpha value is -1.77. The van der Waals surface area contributed by atoms with Crippen LogP contribution < -0.4 is 10.6 Å². The van der Waals surface area contributed by atoms with Gasteiger partial charge in [0.1, 0.15) is 0 Å². The molecule has 1 aromatic rings.